The lowest BCUT2D eigenvalue weighted by molar-refractivity contribution is 0.185. The van der Waals surface area contributed by atoms with Crippen LogP contribution in [0.3, 0.4) is 0 Å². The number of hydrogen-bond donors (Lipinski definition) is 1. The minimum atomic E-state index is 0.0295. The van der Waals surface area contributed by atoms with Crippen LogP contribution in [0.2, 0.25) is 0 Å². The van der Waals surface area contributed by atoms with Gasteiger partial charge in [0, 0.05) is 7.11 Å². The lowest BCUT2D eigenvalue weighted by atomic mass is 10.1. The number of nitrogens with zero attached hydrogens (tertiary/aromatic N) is 1. The molecule has 80 valence electrons. The van der Waals surface area contributed by atoms with Crippen molar-refractivity contribution in [2.75, 3.05) is 13.7 Å². The second-order valence-electron chi connectivity index (χ2n) is 3.47. The molecule has 15 heavy (non-hydrogen) atoms. The van der Waals surface area contributed by atoms with Crippen molar-refractivity contribution < 1.29 is 9.47 Å². The average Bonchev–Trinajstić information content (AvgIpc) is 2.66. The zero-order chi connectivity index (χ0) is 10.7. The van der Waals surface area contributed by atoms with Crippen molar-refractivity contribution in [1.29, 1.82) is 0 Å². The average molecular weight is 206 g/mol. The summed E-state index contributed by atoms with van der Waals surface area (Å²) in [4.78, 5) is 4.19. The smallest absolute Gasteiger partial charge is 0.282 e. The fourth-order valence-corrected chi connectivity index (χ4v) is 1.62. The molecule has 1 aromatic rings. The molecule has 4 nitrogen and oxygen atoms in total. The van der Waals surface area contributed by atoms with Crippen LogP contribution in [-0.4, -0.2) is 19.7 Å². The van der Waals surface area contributed by atoms with Crippen molar-refractivity contribution in [2.24, 2.45) is 10.7 Å². The van der Waals surface area contributed by atoms with Gasteiger partial charge in [0.05, 0.1) is 6.61 Å². The Hall–Kier alpha value is -1.55. The predicted octanol–water partition coefficient (Wildman–Crippen LogP) is 1.22. The molecule has 2 rings (SSSR count). The minimum Gasteiger partial charge on any atom is -0.463 e. The summed E-state index contributed by atoms with van der Waals surface area (Å²) in [6, 6.07) is 8.41. The number of benzene rings is 1. The molecule has 1 aliphatic heterocycles. The normalized spacial score (nSPS) is 19.8. The summed E-state index contributed by atoms with van der Waals surface area (Å²) in [5, 5.41) is 0. The van der Waals surface area contributed by atoms with E-state index < -0.39 is 0 Å². The monoisotopic (exact) mass is 206 g/mol. The largest absolute Gasteiger partial charge is 0.463 e. The second-order valence-corrected chi connectivity index (χ2v) is 3.47. The molecule has 4 heteroatoms. The number of methoxy groups -OCH3 is 1. The van der Waals surface area contributed by atoms with Crippen molar-refractivity contribution in [3.05, 3.63) is 35.4 Å². The van der Waals surface area contributed by atoms with E-state index in [2.05, 4.69) is 11.1 Å². The third-order valence-corrected chi connectivity index (χ3v) is 2.32. The van der Waals surface area contributed by atoms with E-state index >= 15 is 0 Å². The standard InChI is InChI=1S/C11H14N2O2/c1-14-6-8-3-2-4-9(5-8)10-7-15-11(12)13-10/h2-5,10H,6-7H2,1H3,(H2,12,13). The van der Waals surface area contributed by atoms with Crippen LogP contribution >= 0.6 is 0 Å². The maximum Gasteiger partial charge on any atom is 0.282 e. The van der Waals surface area contributed by atoms with E-state index in [9.17, 15) is 0 Å². The van der Waals surface area contributed by atoms with E-state index in [0.29, 0.717) is 13.2 Å². The van der Waals surface area contributed by atoms with Gasteiger partial charge in [-0.05, 0) is 11.1 Å². The molecule has 0 saturated heterocycles. The number of hydrogen-bond acceptors (Lipinski definition) is 4. The van der Waals surface area contributed by atoms with Gasteiger partial charge < -0.3 is 15.2 Å². The molecular formula is C11H14N2O2. The topological polar surface area (TPSA) is 56.8 Å². The molecule has 0 aromatic heterocycles. The molecule has 2 N–H and O–H groups in total. The lowest BCUT2D eigenvalue weighted by Crippen LogP contribution is -2.10. The number of aliphatic imine (C=N–C) groups is 1. The van der Waals surface area contributed by atoms with Gasteiger partial charge in [-0.1, -0.05) is 24.3 Å². The molecule has 0 bridgehead atoms. The molecule has 0 aliphatic carbocycles. The van der Waals surface area contributed by atoms with Crippen molar-refractivity contribution in [2.45, 2.75) is 12.6 Å². The zero-order valence-electron chi connectivity index (χ0n) is 8.64. The van der Waals surface area contributed by atoms with E-state index in [0.717, 1.165) is 11.1 Å². The second kappa shape index (κ2) is 4.31. The van der Waals surface area contributed by atoms with Crippen molar-refractivity contribution in [3.8, 4) is 0 Å². The van der Waals surface area contributed by atoms with Gasteiger partial charge in [0.25, 0.3) is 6.02 Å². The van der Waals surface area contributed by atoms with Crippen LogP contribution in [0.5, 0.6) is 0 Å². The maximum absolute atomic E-state index is 5.46. The van der Waals surface area contributed by atoms with Crippen LogP contribution in [0, 0.1) is 0 Å². The summed E-state index contributed by atoms with van der Waals surface area (Å²) >= 11 is 0. The van der Waals surface area contributed by atoms with Gasteiger partial charge in [0.2, 0.25) is 0 Å². The first-order valence-electron chi connectivity index (χ1n) is 4.83. The number of amidine groups is 1. The Morgan fingerprint density at radius 2 is 2.47 bits per heavy atom. The molecule has 0 fully saturated rings. The molecule has 1 aliphatic rings. The molecule has 0 amide bonds. The minimum absolute atomic E-state index is 0.0295. The van der Waals surface area contributed by atoms with Crippen molar-refractivity contribution >= 4 is 6.02 Å². The van der Waals surface area contributed by atoms with E-state index in [1.165, 1.54) is 0 Å². The van der Waals surface area contributed by atoms with Crippen molar-refractivity contribution in [3.63, 3.8) is 0 Å². The summed E-state index contributed by atoms with van der Waals surface area (Å²) in [5.74, 6) is 0. The van der Waals surface area contributed by atoms with Gasteiger partial charge in [-0.15, -0.1) is 0 Å². The van der Waals surface area contributed by atoms with Crippen LogP contribution in [0.4, 0.5) is 0 Å². The van der Waals surface area contributed by atoms with Crippen LogP contribution in [-0.2, 0) is 16.1 Å². The summed E-state index contributed by atoms with van der Waals surface area (Å²) in [6.07, 6.45) is 0. The summed E-state index contributed by atoms with van der Waals surface area (Å²) in [6.45, 7) is 1.14. The maximum atomic E-state index is 5.46. The number of ether oxygens (including phenoxy) is 2. The Labute approximate surface area is 88.7 Å². The van der Waals surface area contributed by atoms with E-state index in [1.54, 1.807) is 7.11 Å². The molecule has 1 unspecified atom stereocenters. The van der Waals surface area contributed by atoms with Gasteiger partial charge in [-0.25, -0.2) is 4.99 Å². The molecule has 1 aromatic carbocycles. The fraction of sp³-hybridized carbons (Fsp3) is 0.364. The Morgan fingerprint density at radius 3 is 3.13 bits per heavy atom. The first-order chi connectivity index (χ1) is 7.29. The van der Waals surface area contributed by atoms with Crippen LogP contribution < -0.4 is 5.73 Å². The molecule has 1 heterocycles. The van der Waals surface area contributed by atoms with Gasteiger partial charge in [-0.2, -0.15) is 0 Å². The van der Waals surface area contributed by atoms with Crippen molar-refractivity contribution in [1.82, 2.24) is 0 Å². The van der Waals surface area contributed by atoms with Gasteiger partial charge in [0.15, 0.2) is 0 Å². The molecule has 0 saturated carbocycles. The third-order valence-electron chi connectivity index (χ3n) is 2.32. The number of nitrogens with two attached hydrogens (primary N) is 1. The molecule has 0 spiro atoms. The Kier molecular flexibility index (Phi) is 2.87. The highest BCUT2D eigenvalue weighted by Gasteiger charge is 2.18. The fourth-order valence-electron chi connectivity index (χ4n) is 1.62. The summed E-state index contributed by atoms with van der Waals surface area (Å²) < 4.78 is 10.2. The number of rotatable bonds is 3. The molecule has 1 atom stereocenters. The first-order valence-corrected chi connectivity index (χ1v) is 4.83. The third kappa shape index (κ3) is 2.27. The Balaban J connectivity index is 2.18. The summed E-state index contributed by atoms with van der Waals surface area (Å²) in [7, 11) is 1.68. The van der Waals surface area contributed by atoms with E-state index in [-0.39, 0.29) is 12.1 Å². The van der Waals surface area contributed by atoms with Gasteiger partial charge >= 0.3 is 0 Å². The zero-order valence-corrected chi connectivity index (χ0v) is 8.64. The van der Waals surface area contributed by atoms with Crippen LogP contribution in [0.25, 0.3) is 0 Å². The SMILES string of the molecule is COCc1cccc(C2COC(N)=N2)c1. The quantitative estimate of drug-likeness (QED) is 0.809. The van der Waals surface area contributed by atoms with Gasteiger partial charge in [0.1, 0.15) is 12.6 Å². The highest BCUT2D eigenvalue weighted by Crippen LogP contribution is 2.22. The van der Waals surface area contributed by atoms with Crippen LogP contribution in [0.15, 0.2) is 29.3 Å². The predicted molar refractivity (Wildman–Crippen MR) is 57.5 cm³/mol. The molecule has 0 radical (unpaired) electrons. The molecular weight excluding hydrogens is 192 g/mol. The van der Waals surface area contributed by atoms with E-state index in [4.69, 9.17) is 15.2 Å². The van der Waals surface area contributed by atoms with E-state index in [1.807, 2.05) is 18.2 Å². The highest BCUT2D eigenvalue weighted by atomic mass is 16.5. The summed E-state index contributed by atoms with van der Waals surface area (Å²) in [5.41, 5.74) is 7.71. The first kappa shape index (κ1) is 9.98. The lowest BCUT2D eigenvalue weighted by Gasteiger charge is -2.07. The van der Waals surface area contributed by atoms with Gasteiger partial charge in [-0.3, -0.25) is 0 Å². The van der Waals surface area contributed by atoms with Crippen LogP contribution in [0.1, 0.15) is 17.2 Å². The Morgan fingerprint density at radius 1 is 1.60 bits per heavy atom. The Bertz CT molecular complexity index is 377. The highest BCUT2D eigenvalue weighted by molar-refractivity contribution is 5.73.